The first-order valence-electron chi connectivity index (χ1n) is 8.32. The summed E-state index contributed by atoms with van der Waals surface area (Å²) in [5.41, 5.74) is 4.57. The van der Waals surface area contributed by atoms with E-state index in [1.165, 1.54) is 13.3 Å². The summed E-state index contributed by atoms with van der Waals surface area (Å²) in [6.45, 7) is 4.31. The van der Waals surface area contributed by atoms with Gasteiger partial charge in [0.05, 0.1) is 34.9 Å². The van der Waals surface area contributed by atoms with Crippen LogP contribution in [-0.2, 0) is 11.3 Å². The van der Waals surface area contributed by atoms with Gasteiger partial charge in [-0.2, -0.15) is 0 Å². The van der Waals surface area contributed by atoms with Gasteiger partial charge in [0.15, 0.2) is 5.69 Å². The van der Waals surface area contributed by atoms with E-state index in [0.29, 0.717) is 11.1 Å². The topological polar surface area (TPSA) is 101 Å². The predicted molar refractivity (Wildman–Crippen MR) is 98.5 cm³/mol. The van der Waals surface area contributed by atoms with Crippen molar-refractivity contribution in [2.24, 2.45) is 0 Å². The van der Waals surface area contributed by atoms with E-state index < -0.39 is 5.97 Å². The van der Waals surface area contributed by atoms with Crippen molar-refractivity contribution in [3.8, 4) is 0 Å². The minimum absolute atomic E-state index is 0.0152. The minimum Gasteiger partial charge on any atom is -0.477 e. The molecule has 132 valence electrons. The Morgan fingerprint density at radius 1 is 1.15 bits per heavy atom. The molecule has 0 aliphatic heterocycles. The summed E-state index contributed by atoms with van der Waals surface area (Å²) >= 11 is 0. The first-order valence-corrected chi connectivity index (χ1v) is 8.32. The number of carboxylic acid groups (broad SMARTS) is 1. The van der Waals surface area contributed by atoms with Gasteiger partial charge in [-0.1, -0.05) is 13.8 Å². The van der Waals surface area contributed by atoms with Crippen molar-refractivity contribution < 1.29 is 14.6 Å². The van der Waals surface area contributed by atoms with Crippen molar-refractivity contribution in [1.29, 1.82) is 0 Å². The minimum atomic E-state index is -1.08. The van der Waals surface area contributed by atoms with Crippen molar-refractivity contribution in [2.45, 2.75) is 26.4 Å². The molecule has 4 rings (SSSR count). The van der Waals surface area contributed by atoms with E-state index in [4.69, 9.17) is 4.74 Å². The Balaban J connectivity index is 2.21. The van der Waals surface area contributed by atoms with Gasteiger partial charge >= 0.3 is 5.97 Å². The second kappa shape index (κ2) is 6.03. The van der Waals surface area contributed by atoms with E-state index in [2.05, 4.69) is 33.8 Å². The van der Waals surface area contributed by atoms with Crippen molar-refractivity contribution in [2.75, 3.05) is 7.11 Å². The summed E-state index contributed by atoms with van der Waals surface area (Å²) in [6, 6.07) is 3.80. The Kier molecular flexibility index (Phi) is 3.81. The largest absolute Gasteiger partial charge is 0.477 e. The highest BCUT2D eigenvalue weighted by Gasteiger charge is 2.21. The molecule has 0 saturated heterocycles. The molecule has 3 aromatic heterocycles. The number of aromatic nitrogens is 4. The molecule has 0 saturated carbocycles. The van der Waals surface area contributed by atoms with Crippen LogP contribution >= 0.6 is 0 Å². The van der Waals surface area contributed by atoms with Crippen LogP contribution in [0.4, 0.5) is 0 Å². The molecule has 0 radical (unpaired) electrons. The van der Waals surface area contributed by atoms with E-state index in [1.807, 2.05) is 18.3 Å². The SMILES string of the molecule is COCc1c(C(=O)O)ncc2nc3ccc4ncc(C(C)C)[nH]c4c3c12. The fraction of sp³-hybridized carbons (Fsp3) is 0.263. The van der Waals surface area contributed by atoms with Crippen LogP contribution in [-0.4, -0.2) is 38.1 Å². The maximum Gasteiger partial charge on any atom is 0.354 e. The number of fused-ring (bicyclic) bond motifs is 5. The quantitative estimate of drug-likeness (QED) is 0.583. The Morgan fingerprint density at radius 3 is 2.62 bits per heavy atom. The Bertz CT molecular complexity index is 1160. The number of carboxylic acids is 1. The summed E-state index contributed by atoms with van der Waals surface area (Å²) in [4.78, 5) is 28.4. The summed E-state index contributed by atoms with van der Waals surface area (Å²) in [6.07, 6.45) is 3.33. The van der Waals surface area contributed by atoms with Crippen molar-refractivity contribution in [1.82, 2.24) is 19.9 Å². The normalized spacial score (nSPS) is 11.8. The van der Waals surface area contributed by atoms with Gasteiger partial charge in [-0.15, -0.1) is 0 Å². The molecule has 4 aromatic rings. The lowest BCUT2D eigenvalue weighted by Gasteiger charge is -2.10. The molecule has 0 aliphatic carbocycles. The fourth-order valence-electron chi connectivity index (χ4n) is 3.27. The monoisotopic (exact) mass is 350 g/mol. The van der Waals surface area contributed by atoms with Gasteiger partial charge < -0.3 is 14.8 Å². The molecule has 2 N–H and O–H groups in total. The molecule has 0 spiro atoms. The summed E-state index contributed by atoms with van der Waals surface area (Å²) in [5, 5.41) is 11.1. The number of methoxy groups -OCH3 is 1. The zero-order valence-electron chi connectivity index (χ0n) is 14.7. The van der Waals surface area contributed by atoms with E-state index >= 15 is 0 Å². The zero-order chi connectivity index (χ0) is 18.4. The second-order valence-corrected chi connectivity index (χ2v) is 6.54. The number of nitrogens with one attached hydrogen (secondary N) is 1. The standard InChI is InChI=1S/C19H18N4O3/c1-9(2)13-6-20-12-5-4-11-16(18(12)23-13)15-10(8-26-3)17(19(24)25)21-7-14(15)22-11/h4-7,9,23H,8H2,1-3H3,(H,24,25). The average Bonchev–Trinajstić information content (AvgIpc) is 3.00. The van der Waals surface area contributed by atoms with Gasteiger partial charge in [0.25, 0.3) is 0 Å². The lowest BCUT2D eigenvalue weighted by Crippen LogP contribution is -2.07. The first kappa shape index (κ1) is 16.4. The van der Waals surface area contributed by atoms with Crippen LogP contribution in [0.3, 0.4) is 0 Å². The number of aromatic amines is 1. The van der Waals surface area contributed by atoms with Crippen LogP contribution < -0.4 is 0 Å². The number of rotatable bonds is 4. The summed E-state index contributed by atoms with van der Waals surface area (Å²) in [5.74, 6) is -0.801. The van der Waals surface area contributed by atoms with E-state index in [9.17, 15) is 9.90 Å². The highest BCUT2D eigenvalue weighted by atomic mass is 16.5. The average molecular weight is 350 g/mol. The van der Waals surface area contributed by atoms with Gasteiger partial charge in [-0.3, -0.25) is 4.98 Å². The molecule has 1 aromatic carbocycles. The third-order valence-corrected chi connectivity index (χ3v) is 4.54. The number of hydrogen-bond acceptors (Lipinski definition) is 5. The summed E-state index contributed by atoms with van der Waals surface area (Å²) < 4.78 is 5.26. The number of benzene rings is 1. The molecule has 0 bridgehead atoms. The van der Waals surface area contributed by atoms with Crippen molar-refractivity contribution >= 4 is 38.8 Å². The lowest BCUT2D eigenvalue weighted by atomic mass is 10.0. The number of hydrogen-bond donors (Lipinski definition) is 2. The highest BCUT2D eigenvalue weighted by molar-refractivity contribution is 6.20. The van der Waals surface area contributed by atoms with Gasteiger partial charge in [-0.05, 0) is 18.1 Å². The Labute approximate surface area is 149 Å². The summed E-state index contributed by atoms with van der Waals surface area (Å²) in [7, 11) is 1.53. The number of carbonyl (C=O) groups is 1. The fourth-order valence-corrected chi connectivity index (χ4v) is 3.27. The smallest absolute Gasteiger partial charge is 0.354 e. The molecule has 3 heterocycles. The molecular formula is C19H18N4O3. The molecule has 26 heavy (non-hydrogen) atoms. The van der Waals surface area contributed by atoms with Gasteiger partial charge in [0, 0.05) is 35.3 Å². The highest BCUT2D eigenvalue weighted by Crippen LogP contribution is 2.34. The molecule has 7 heteroatoms. The maximum absolute atomic E-state index is 11.6. The molecule has 0 atom stereocenters. The number of pyridine rings is 1. The van der Waals surface area contributed by atoms with E-state index in [-0.39, 0.29) is 18.2 Å². The van der Waals surface area contributed by atoms with Crippen LogP contribution in [0, 0.1) is 0 Å². The lowest BCUT2D eigenvalue weighted by molar-refractivity contribution is 0.0685. The van der Waals surface area contributed by atoms with Crippen molar-refractivity contribution in [3.63, 3.8) is 0 Å². The van der Waals surface area contributed by atoms with Gasteiger partial charge in [-0.25, -0.2) is 14.8 Å². The van der Waals surface area contributed by atoms with E-state index in [0.717, 1.165) is 33.0 Å². The molecule has 7 nitrogen and oxygen atoms in total. The number of aromatic carboxylic acids is 1. The van der Waals surface area contributed by atoms with Crippen LogP contribution in [0.25, 0.3) is 32.8 Å². The van der Waals surface area contributed by atoms with Crippen LogP contribution in [0.5, 0.6) is 0 Å². The second-order valence-electron chi connectivity index (χ2n) is 6.54. The third kappa shape index (κ3) is 2.40. The number of ether oxygens (including phenoxy) is 1. The van der Waals surface area contributed by atoms with Crippen LogP contribution in [0.2, 0.25) is 0 Å². The molecular weight excluding hydrogens is 332 g/mol. The maximum atomic E-state index is 11.6. The van der Waals surface area contributed by atoms with E-state index in [1.54, 1.807) is 0 Å². The predicted octanol–water partition coefficient (Wildman–Crippen LogP) is 3.63. The third-order valence-electron chi connectivity index (χ3n) is 4.54. The van der Waals surface area contributed by atoms with Crippen LogP contribution in [0.1, 0.15) is 41.5 Å². The molecule has 0 unspecified atom stereocenters. The first-order chi connectivity index (χ1) is 12.5. The number of nitrogens with zero attached hydrogens (tertiary/aromatic N) is 3. The number of H-pyrrole nitrogens is 1. The van der Waals surface area contributed by atoms with Gasteiger partial charge in [0.1, 0.15) is 0 Å². The molecule has 0 aliphatic rings. The zero-order valence-corrected chi connectivity index (χ0v) is 14.7. The van der Waals surface area contributed by atoms with Crippen molar-refractivity contribution in [3.05, 3.63) is 41.5 Å². The Morgan fingerprint density at radius 2 is 1.92 bits per heavy atom. The van der Waals surface area contributed by atoms with Crippen LogP contribution in [0.15, 0.2) is 24.5 Å². The molecule has 0 fully saturated rings. The van der Waals surface area contributed by atoms with Gasteiger partial charge in [0.2, 0.25) is 0 Å². The molecule has 0 amide bonds. The Hall–Kier alpha value is -3.06.